The average Bonchev–Trinajstić information content (AvgIpc) is 3.52. The van der Waals surface area contributed by atoms with E-state index in [0.29, 0.717) is 11.8 Å². The number of hydrogen-bond acceptors (Lipinski definition) is 2. The summed E-state index contributed by atoms with van der Waals surface area (Å²) in [6.07, 6.45) is 7.39. The third-order valence-corrected chi connectivity index (χ3v) is 11.5. The van der Waals surface area contributed by atoms with Crippen LogP contribution in [0, 0.1) is 5.92 Å². The van der Waals surface area contributed by atoms with Gasteiger partial charge < -0.3 is 9.80 Å². The SMILES string of the molecule is CC1(C)c2cc(N(c3ccccc3)c3ccccc3)ccc2-c2ccc3c(c21)C(C)(C)C1C=C(N(c2ccccc2)c2ccccc2)C=CC31. The summed E-state index contributed by atoms with van der Waals surface area (Å²) >= 11 is 0. The molecule has 0 N–H and O–H groups in total. The Morgan fingerprint density at radius 2 is 0.980 bits per heavy atom. The third kappa shape index (κ3) is 4.62. The van der Waals surface area contributed by atoms with E-state index >= 15 is 0 Å². The Balaban J connectivity index is 1.14. The Labute approximate surface area is 296 Å². The highest BCUT2D eigenvalue weighted by Gasteiger charge is 2.51. The van der Waals surface area contributed by atoms with Gasteiger partial charge in [0.05, 0.1) is 0 Å². The summed E-state index contributed by atoms with van der Waals surface area (Å²) in [5.41, 5.74) is 15.5. The van der Waals surface area contributed by atoms with Gasteiger partial charge in [0.25, 0.3) is 0 Å². The molecule has 2 nitrogen and oxygen atoms in total. The fourth-order valence-corrected chi connectivity index (χ4v) is 9.16. The van der Waals surface area contributed by atoms with Crippen LogP contribution in [-0.4, -0.2) is 0 Å². The molecular formula is C48H42N2. The van der Waals surface area contributed by atoms with Crippen LogP contribution in [0.4, 0.5) is 28.4 Å². The number of rotatable bonds is 6. The molecule has 50 heavy (non-hydrogen) atoms. The molecule has 244 valence electrons. The predicted octanol–water partition coefficient (Wildman–Crippen LogP) is 12.7. The molecule has 0 fully saturated rings. The molecule has 0 saturated heterocycles. The maximum atomic E-state index is 2.56. The third-order valence-electron chi connectivity index (χ3n) is 11.5. The molecule has 9 rings (SSSR count). The Hall–Kier alpha value is -5.60. The van der Waals surface area contributed by atoms with E-state index in [1.165, 1.54) is 56.1 Å². The number of benzene rings is 6. The van der Waals surface area contributed by atoms with Crippen molar-refractivity contribution in [1.29, 1.82) is 0 Å². The summed E-state index contributed by atoms with van der Waals surface area (Å²) in [7, 11) is 0. The monoisotopic (exact) mass is 646 g/mol. The Morgan fingerprint density at radius 3 is 1.52 bits per heavy atom. The highest BCUT2D eigenvalue weighted by molar-refractivity contribution is 5.87. The van der Waals surface area contributed by atoms with Gasteiger partial charge >= 0.3 is 0 Å². The minimum atomic E-state index is -0.161. The zero-order chi connectivity index (χ0) is 34.0. The smallest absolute Gasteiger partial charge is 0.0465 e. The van der Waals surface area contributed by atoms with E-state index in [9.17, 15) is 0 Å². The molecule has 0 radical (unpaired) electrons. The maximum Gasteiger partial charge on any atom is 0.0465 e. The van der Waals surface area contributed by atoms with Crippen LogP contribution in [0.15, 0.2) is 176 Å². The molecule has 0 saturated carbocycles. The largest absolute Gasteiger partial charge is 0.311 e. The van der Waals surface area contributed by atoms with Crippen molar-refractivity contribution in [3.05, 3.63) is 198 Å². The molecule has 6 aromatic rings. The van der Waals surface area contributed by atoms with Crippen LogP contribution in [-0.2, 0) is 10.8 Å². The lowest BCUT2D eigenvalue weighted by Crippen LogP contribution is -2.30. The Morgan fingerprint density at radius 1 is 0.480 bits per heavy atom. The number of hydrogen-bond donors (Lipinski definition) is 0. The topological polar surface area (TPSA) is 6.48 Å². The van der Waals surface area contributed by atoms with Crippen LogP contribution in [0.1, 0.15) is 55.9 Å². The van der Waals surface area contributed by atoms with Crippen LogP contribution < -0.4 is 9.80 Å². The van der Waals surface area contributed by atoms with Gasteiger partial charge in [-0.3, -0.25) is 0 Å². The van der Waals surface area contributed by atoms with Crippen LogP contribution in [0.2, 0.25) is 0 Å². The van der Waals surface area contributed by atoms with Gasteiger partial charge in [0, 0.05) is 45.5 Å². The quantitative estimate of drug-likeness (QED) is 0.178. The van der Waals surface area contributed by atoms with E-state index in [0.717, 1.165) is 11.4 Å². The van der Waals surface area contributed by atoms with Gasteiger partial charge in [0.15, 0.2) is 0 Å². The first-order valence-corrected chi connectivity index (χ1v) is 17.9. The fraction of sp³-hybridized carbons (Fsp3) is 0.167. The second kappa shape index (κ2) is 11.5. The first-order chi connectivity index (χ1) is 24.3. The van der Waals surface area contributed by atoms with Crippen LogP contribution in [0.3, 0.4) is 0 Å². The Bertz CT molecular complexity index is 2190. The minimum Gasteiger partial charge on any atom is -0.311 e. The highest BCUT2D eigenvalue weighted by atomic mass is 15.2. The minimum absolute atomic E-state index is 0.0668. The number of allylic oxidation sites excluding steroid dienone is 3. The molecular weight excluding hydrogens is 605 g/mol. The van der Waals surface area contributed by atoms with Crippen molar-refractivity contribution in [1.82, 2.24) is 0 Å². The first-order valence-electron chi connectivity index (χ1n) is 17.9. The molecule has 0 bridgehead atoms. The summed E-state index contributed by atoms with van der Waals surface area (Å²) in [6.45, 7) is 9.85. The van der Waals surface area contributed by atoms with E-state index in [1.54, 1.807) is 0 Å². The van der Waals surface area contributed by atoms with Crippen molar-refractivity contribution < 1.29 is 0 Å². The van der Waals surface area contributed by atoms with E-state index < -0.39 is 0 Å². The molecule has 3 aliphatic carbocycles. The second-order valence-corrected chi connectivity index (χ2v) is 15.0. The summed E-state index contributed by atoms with van der Waals surface area (Å²) in [5.74, 6) is 0.671. The van der Waals surface area contributed by atoms with Gasteiger partial charge in [-0.1, -0.05) is 131 Å². The van der Waals surface area contributed by atoms with Crippen molar-refractivity contribution in [2.24, 2.45) is 5.92 Å². The second-order valence-electron chi connectivity index (χ2n) is 15.0. The van der Waals surface area contributed by atoms with Gasteiger partial charge in [-0.25, -0.2) is 0 Å². The molecule has 3 aliphatic rings. The molecule has 0 amide bonds. The zero-order valence-electron chi connectivity index (χ0n) is 29.2. The van der Waals surface area contributed by atoms with Crippen LogP contribution >= 0.6 is 0 Å². The summed E-state index contributed by atoms with van der Waals surface area (Å²) in [4.78, 5) is 4.79. The van der Waals surface area contributed by atoms with Crippen molar-refractivity contribution in [3.8, 4) is 11.1 Å². The van der Waals surface area contributed by atoms with Crippen molar-refractivity contribution >= 4 is 28.4 Å². The fourth-order valence-electron chi connectivity index (χ4n) is 9.16. The number of fused-ring (bicyclic) bond motifs is 7. The maximum absolute atomic E-state index is 2.56. The van der Waals surface area contributed by atoms with Crippen LogP contribution in [0.25, 0.3) is 11.1 Å². The number of nitrogens with zero attached hydrogens (tertiary/aromatic N) is 2. The van der Waals surface area contributed by atoms with Gasteiger partial charge in [-0.15, -0.1) is 0 Å². The summed E-state index contributed by atoms with van der Waals surface area (Å²) in [6, 6.07) is 55.0. The van der Waals surface area contributed by atoms with Gasteiger partial charge in [-0.05, 0) is 111 Å². The highest BCUT2D eigenvalue weighted by Crippen LogP contribution is 2.61. The molecule has 2 atom stereocenters. The van der Waals surface area contributed by atoms with E-state index in [4.69, 9.17) is 0 Å². The number of para-hydroxylation sites is 4. The standard InChI is InChI=1S/C48H42N2/c1-47(2)43-31-37(49(33-17-9-5-10-18-33)34-19-11-6-12-20-34)25-27-39(43)41-29-30-42-40-28-26-38(32-44(40)48(3,4)46(42)45(41)47)50(35-21-13-7-14-22-35)36-23-15-8-16-24-36/h5-32,39,43H,1-4H3. The molecule has 0 spiro atoms. The summed E-state index contributed by atoms with van der Waals surface area (Å²) in [5, 5.41) is 0. The van der Waals surface area contributed by atoms with Crippen molar-refractivity contribution in [2.75, 3.05) is 9.80 Å². The normalized spacial score (nSPS) is 18.8. The van der Waals surface area contributed by atoms with E-state index in [1.807, 2.05) is 0 Å². The Kier molecular flexibility index (Phi) is 7.00. The van der Waals surface area contributed by atoms with E-state index in [2.05, 4.69) is 207 Å². The lowest BCUT2D eigenvalue weighted by molar-refractivity contribution is 0.387. The van der Waals surface area contributed by atoms with Gasteiger partial charge in [0.2, 0.25) is 0 Å². The first kappa shape index (κ1) is 30.5. The van der Waals surface area contributed by atoms with Crippen LogP contribution in [0.5, 0.6) is 0 Å². The lowest BCUT2D eigenvalue weighted by Gasteiger charge is -2.36. The summed E-state index contributed by atoms with van der Waals surface area (Å²) < 4.78 is 0. The number of anilines is 5. The van der Waals surface area contributed by atoms with Gasteiger partial charge in [-0.2, -0.15) is 0 Å². The van der Waals surface area contributed by atoms with Crippen molar-refractivity contribution in [3.63, 3.8) is 0 Å². The van der Waals surface area contributed by atoms with Gasteiger partial charge in [0.1, 0.15) is 0 Å². The van der Waals surface area contributed by atoms with Crippen molar-refractivity contribution in [2.45, 2.75) is 44.4 Å². The average molecular weight is 647 g/mol. The molecule has 6 aromatic carbocycles. The molecule has 0 aliphatic heterocycles. The zero-order valence-corrected chi connectivity index (χ0v) is 29.2. The molecule has 2 heteroatoms. The van der Waals surface area contributed by atoms with E-state index in [-0.39, 0.29) is 10.8 Å². The molecule has 2 unspecified atom stereocenters. The molecule has 0 heterocycles. The predicted molar refractivity (Wildman–Crippen MR) is 210 cm³/mol. The lowest BCUT2D eigenvalue weighted by atomic mass is 9.70. The molecule has 0 aromatic heterocycles.